The highest BCUT2D eigenvalue weighted by Crippen LogP contribution is 2.29. The van der Waals surface area contributed by atoms with Gasteiger partial charge in [-0.3, -0.25) is 4.79 Å². The second-order valence-electron chi connectivity index (χ2n) is 6.40. The minimum Gasteiger partial charge on any atom is -0.490 e. The molecule has 0 heterocycles. The van der Waals surface area contributed by atoms with Crippen molar-refractivity contribution < 1.29 is 14.3 Å². The molecule has 0 fully saturated rings. The van der Waals surface area contributed by atoms with Crippen LogP contribution in [0.1, 0.15) is 12.5 Å². The zero-order valence-corrected chi connectivity index (χ0v) is 18.0. The van der Waals surface area contributed by atoms with E-state index in [4.69, 9.17) is 32.7 Å². The summed E-state index contributed by atoms with van der Waals surface area (Å²) in [4.78, 5) is 12.2. The zero-order valence-electron chi connectivity index (χ0n) is 16.5. The number of nitrogens with one attached hydrogen (secondary N) is 2. The van der Waals surface area contributed by atoms with E-state index in [1.165, 1.54) is 0 Å². The summed E-state index contributed by atoms with van der Waals surface area (Å²) in [6.45, 7) is 2.86. The predicted molar refractivity (Wildman–Crippen MR) is 122 cm³/mol. The third-order valence-corrected chi connectivity index (χ3v) is 4.88. The van der Waals surface area contributed by atoms with Gasteiger partial charge in [0.2, 0.25) is 0 Å². The average molecular weight is 445 g/mol. The maximum absolute atomic E-state index is 12.2. The predicted octanol–water partition coefficient (Wildman–Crippen LogP) is 6.02. The second-order valence-corrected chi connectivity index (χ2v) is 7.21. The average Bonchev–Trinajstić information content (AvgIpc) is 2.75. The van der Waals surface area contributed by atoms with E-state index in [0.717, 1.165) is 11.3 Å². The van der Waals surface area contributed by atoms with Crippen LogP contribution in [0, 0.1) is 0 Å². The number of carbonyl (C=O) groups excluding carboxylic acids is 1. The smallest absolute Gasteiger partial charge is 0.262 e. The van der Waals surface area contributed by atoms with Gasteiger partial charge in [-0.05, 0) is 55.0 Å². The number of para-hydroxylation sites is 1. The van der Waals surface area contributed by atoms with Crippen molar-refractivity contribution in [1.29, 1.82) is 0 Å². The lowest BCUT2D eigenvalue weighted by Gasteiger charge is -2.14. The highest BCUT2D eigenvalue weighted by molar-refractivity contribution is 6.42. The first-order valence-electron chi connectivity index (χ1n) is 9.47. The molecule has 3 aromatic carbocycles. The van der Waals surface area contributed by atoms with Gasteiger partial charge in [0.1, 0.15) is 0 Å². The first-order chi connectivity index (χ1) is 14.5. The van der Waals surface area contributed by atoms with Crippen LogP contribution in [0.25, 0.3) is 0 Å². The molecule has 3 rings (SSSR count). The Morgan fingerprint density at radius 2 is 1.67 bits per heavy atom. The molecule has 0 radical (unpaired) electrons. The van der Waals surface area contributed by atoms with Crippen molar-refractivity contribution in [2.45, 2.75) is 13.5 Å². The fourth-order valence-electron chi connectivity index (χ4n) is 2.72. The molecule has 0 saturated heterocycles. The number of benzene rings is 3. The van der Waals surface area contributed by atoms with Crippen LogP contribution >= 0.6 is 23.2 Å². The summed E-state index contributed by atoms with van der Waals surface area (Å²) in [5.41, 5.74) is 2.62. The SMILES string of the molecule is CCOc1cc(CNc2ccccc2)ccc1OCC(=O)Nc1ccc(Cl)c(Cl)c1. The van der Waals surface area contributed by atoms with Gasteiger partial charge in [0.15, 0.2) is 18.1 Å². The Bertz CT molecular complexity index is 997. The summed E-state index contributed by atoms with van der Waals surface area (Å²) < 4.78 is 11.4. The summed E-state index contributed by atoms with van der Waals surface area (Å²) in [5.74, 6) is 0.780. The van der Waals surface area contributed by atoms with Crippen molar-refractivity contribution >= 4 is 40.5 Å². The molecule has 0 atom stereocenters. The molecule has 0 aromatic heterocycles. The Kier molecular flexibility index (Phi) is 7.82. The van der Waals surface area contributed by atoms with Crippen LogP contribution in [0.4, 0.5) is 11.4 Å². The highest BCUT2D eigenvalue weighted by Gasteiger charge is 2.10. The fourth-order valence-corrected chi connectivity index (χ4v) is 3.02. The van der Waals surface area contributed by atoms with Gasteiger partial charge in [-0.15, -0.1) is 0 Å². The molecule has 0 aliphatic rings. The Balaban J connectivity index is 1.60. The van der Waals surface area contributed by atoms with Gasteiger partial charge >= 0.3 is 0 Å². The Hall–Kier alpha value is -2.89. The third-order valence-electron chi connectivity index (χ3n) is 4.14. The van der Waals surface area contributed by atoms with Crippen LogP contribution in [0.3, 0.4) is 0 Å². The van der Waals surface area contributed by atoms with E-state index >= 15 is 0 Å². The lowest BCUT2D eigenvalue weighted by molar-refractivity contribution is -0.118. The first-order valence-corrected chi connectivity index (χ1v) is 10.2. The molecule has 30 heavy (non-hydrogen) atoms. The van der Waals surface area contributed by atoms with E-state index in [1.54, 1.807) is 24.3 Å². The number of hydrogen-bond acceptors (Lipinski definition) is 4. The number of rotatable bonds is 9. The normalized spacial score (nSPS) is 10.4. The van der Waals surface area contributed by atoms with Crippen molar-refractivity contribution in [2.75, 3.05) is 23.8 Å². The monoisotopic (exact) mass is 444 g/mol. The van der Waals surface area contributed by atoms with E-state index in [1.807, 2.05) is 49.4 Å². The van der Waals surface area contributed by atoms with Crippen molar-refractivity contribution in [3.8, 4) is 11.5 Å². The molecule has 3 aromatic rings. The topological polar surface area (TPSA) is 59.6 Å². The van der Waals surface area contributed by atoms with E-state index < -0.39 is 0 Å². The van der Waals surface area contributed by atoms with Crippen molar-refractivity contribution in [3.63, 3.8) is 0 Å². The number of carbonyl (C=O) groups is 1. The second kappa shape index (κ2) is 10.8. The van der Waals surface area contributed by atoms with E-state index in [2.05, 4.69) is 10.6 Å². The fraction of sp³-hybridized carbons (Fsp3) is 0.174. The number of amides is 1. The van der Waals surface area contributed by atoms with Crippen LogP contribution < -0.4 is 20.1 Å². The van der Waals surface area contributed by atoms with Gasteiger partial charge in [0, 0.05) is 17.9 Å². The quantitative estimate of drug-likeness (QED) is 0.423. The van der Waals surface area contributed by atoms with E-state index in [0.29, 0.717) is 40.4 Å². The minimum atomic E-state index is -0.314. The van der Waals surface area contributed by atoms with Gasteiger partial charge in [-0.25, -0.2) is 0 Å². The first kappa shape index (κ1) is 21.8. The third kappa shape index (κ3) is 6.31. The maximum Gasteiger partial charge on any atom is 0.262 e. The molecule has 0 saturated carbocycles. The number of ether oxygens (including phenoxy) is 2. The summed E-state index contributed by atoms with van der Waals surface area (Å²) in [7, 11) is 0. The number of anilines is 2. The molecule has 0 aliphatic carbocycles. The summed E-state index contributed by atoms with van der Waals surface area (Å²) in [6, 6.07) is 20.5. The Morgan fingerprint density at radius 1 is 0.867 bits per heavy atom. The van der Waals surface area contributed by atoms with E-state index in [9.17, 15) is 4.79 Å². The van der Waals surface area contributed by atoms with Crippen LogP contribution in [0.15, 0.2) is 66.7 Å². The largest absolute Gasteiger partial charge is 0.490 e. The van der Waals surface area contributed by atoms with Crippen LogP contribution in [-0.2, 0) is 11.3 Å². The molecule has 2 N–H and O–H groups in total. The minimum absolute atomic E-state index is 0.165. The Morgan fingerprint density at radius 3 is 2.40 bits per heavy atom. The van der Waals surface area contributed by atoms with Crippen LogP contribution in [0.5, 0.6) is 11.5 Å². The molecule has 1 amide bonds. The standard InChI is InChI=1S/C23H22Cl2N2O3/c1-2-29-22-12-16(14-26-17-6-4-3-5-7-17)8-11-21(22)30-15-23(28)27-18-9-10-19(24)20(25)13-18/h3-13,26H,2,14-15H2,1H3,(H,27,28). The van der Waals surface area contributed by atoms with Gasteiger partial charge in [0.05, 0.1) is 16.7 Å². The molecule has 0 aliphatic heterocycles. The van der Waals surface area contributed by atoms with Gasteiger partial charge in [0.25, 0.3) is 5.91 Å². The zero-order chi connectivity index (χ0) is 21.3. The van der Waals surface area contributed by atoms with Crippen molar-refractivity contribution in [3.05, 3.63) is 82.3 Å². The van der Waals surface area contributed by atoms with Gasteiger partial charge in [-0.1, -0.05) is 47.5 Å². The summed E-state index contributed by atoms with van der Waals surface area (Å²) in [5, 5.41) is 6.87. The molecule has 7 heteroatoms. The molecule has 5 nitrogen and oxygen atoms in total. The molecular formula is C23H22Cl2N2O3. The maximum atomic E-state index is 12.2. The van der Waals surface area contributed by atoms with Gasteiger partial charge < -0.3 is 20.1 Å². The van der Waals surface area contributed by atoms with Crippen molar-refractivity contribution in [2.24, 2.45) is 0 Å². The van der Waals surface area contributed by atoms with Crippen LogP contribution in [0.2, 0.25) is 10.0 Å². The summed E-state index contributed by atoms with van der Waals surface area (Å²) in [6.07, 6.45) is 0. The van der Waals surface area contributed by atoms with Crippen LogP contribution in [-0.4, -0.2) is 19.1 Å². The molecule has 156 valence electrons. The lowest BCUT2D eigenvalue weighted by atomic mass is 10.2. The van der Waals surface area contributed by atoms with E-state index in [-0.39, 0.29) is 12.5 Å². The van der Waals surface area contributed by atoms with Crippen molar-refractivity contribution in [1.82, 2.24) is 0 Å². The number of halogens is 2. The lowest BCUT2D eigenvalue weighted by Crippen LogP contribution is -2.20. The molecule has 0 spiro atoms. The summed E-state index contributed by atoms with van der Waals surface area (Å²) >= 11 is 11.9. The Labute approximate surface area is 185 Å². The highest BCUT2D eigenvalue weighted by atomic mass is 35.5. The molecule has 0 bridgehead atoms. The molecule has 0 unspecified atom stereocenters. The van der Waals surface area contributed by atoms with Gasteiger partial charge in [-0.2, -0.15) is 0 Å². The molecular weight excluding hydrogens is 423 g/mol. The number of hydrogen-bond donors (Lipinski definition) is 2.